The molecule has 0 radical (unpaired) electrons. The van der Waals surface area contributed by atoms with Crippen LogP contribution in [0, 0.1) is 13.8 Å². The first-order chi connectivity index (χ1) is 9.08. The first-order valence-electron chi connectivity index (χ1n) is 7.10. The predicted molar refractivity (Wildman–Crippen MR) is 76.6 cm³/mol. The van der Waals surface area contributed by atoms with Gasteiger partial charge in [0, 0.05) is 0 Å². The molecule has 104 valence electrons. The van der Waals surface area contributed by atoms with Gasteiger partial charge in [-0.1, -0.05) is 23.8 Å². The van der Waals surface area contributed by atoms with Gasteiger partial charge in [0.2, 0.25) is 0 Å². The Morgan fingerprint density at radius 1 is 1.32 bits per heavy atom. The third-order valence-corrected chi connectivity index (χ3v) is 4.04. The lowest BCUT2D eigenvalue weighted by atomic mass is 9.90. The number of hydrogen-bond acceptors (Lipinski definition) is 2. The van der Waals surface area contributed by atoms with Crippen LogP contribution in [-0.4, -0.2) is 35.6 Å². The van der Waals surface area contributed by atoms with E-state index in [0.717, 1.165) is 36.3 Å². The largest absolute Gasteiger partial charge is 0.481 e. The second kappa shape index (κ2) is 6.20. The standard InChI is InChI=1S/C16H23NO2/c1-12-5-6-13(2)15(11-12)14(16(18)19)7-10-17-8-3-4-9-17/h5-6,11,14H,3-4,7-10H2,1-2H3,(H,18,19). The molecule has 3 nitrogen and oxygen atoms in total. The number of nitrogens with zero attached hydrogens (tertiary/aromatic N) is 1. The summed E-state index contributed by atoms with van der Waals surface area (Å²) in [7, 11) is 0. The molecule has 1 aliphatic rings. The van der Waals surface area contributed by atoms with E-state index in [2.05, 4.69) is 4.90 Å². The summed E-state index contributed by atoms with van der Waals surface area (Å²) in [5.41, 5.74) is 3.19. The molecule has 3 heteroatoms. The van der Waals surface area contributed by atoms with Gasteiger partial charge in [0.1, 0.15) is 0 Å². The number of aryl methyl sites for hydroxylation is 2. The van der Waals surface area contributed by atoms with Gasteiger partial charge in [-0.3, -0.25) is 4.79 Å². The van der Waals surface area contributed by atoms with Gasteiger partial charge in [0.05, 0.1) is 5.92 Å². The fourth-order valence-electron chi connectivity index (χ4n) is 2.87. The summed E-state index contributed by atoms with van der Waals surface area (Å²) >= 11 is 0. The van der Waals surface area contributed by atoms with Crippen LogP contribution in [0.1, 0.15) is 41.9 Å². The maximum absolute atomic E-state index is 11.5. The molecule has 1 heterocycles. The molecule has 19 heavy (non-hydrogen) atoms. The summed E-state index contributed by atoms with van der Waals surface area (Å²) in [6.45, 7) is 7.16. The van der Waals surface area contributed by atoms with Crippen molar-refractivity contribution in [3.05, 3.63) is 34.9 Å². The topological polar surface area (TPSA) is 40.5 Å². The molecule has 1 aromatic carbocycles. The van der Waals surface area contributed by atoms with E-state index in [0.29, 0.717) is 6.42 Å². The Labute approximate surface area is 115 Å². The lowest BCUT2D eigenvalue weighted by Gasteiger charge is -2.20. The molecule has 1 fully saturated rings. The zero-order chi connectivity index (χ0) is 13.8. The lowest BCUT2D eigenvalue weighted by Crippen LogP contribution is -2.24. The van der Waals surface area contributed by atoms with Crippen LogP contribution in [0.15, 0.2) is 18.2 Å². The molecule has 1 saturated heterocycles. The van der Waals surface area contributed by atoms with E-state index in [1.807, 2.05) is 32.0 Å². The summed E-state index contributed by atoms with van der Waals surface area (Å²) < 4.78 is 0. The van der Waals surface area contributed by atoms with Crippen molar-refractivity contribution in [2.45, 2.75) is 39.0 Å². The van der Waals surface area contributed by atoms with Crippen molar-refractivity contribution in [1.29, 1.82) is 0 Å². The first-order valence-corrected chi connectivity index (χ1v) is 7.10. The highest BCUT2D eigenvalue weighted by Crippen LogP contribution is 2.25. The molecule has 1 N–H and O–H groups in total. The van der Waals surface area contributed by atoms with Crippen molar-refractivity contribution in [3.8, 4) is 0 Å². The van der Waals surface area contributed by atoms with E-state index < -0.39 is 5.97 Å². The molecule has 0 spiro atoms. The number of hydrogen-bond donors (Lipinski definition) is 1. The molecule has 2 rings (SSSR count). The van der Waals surface area contributed by atoms with Crippen LogP contribution in [0.5, 0.6) is 0 Å². The van der Waals surface area contributed by atoms with Gasteiger partial charge in [-0.2, -0.15) is 0 Å². The van der Waals surface area contributed by atoms with Crippen LogP contribution < -0.4 is 0 Å². The smallest absolute Gasteiger partial charge is 0.311 e. The molecular weight excluding hydrogens is 238 g/mol. The van der Waals surface area contributed by atoms with E-state index in [1.54, 1.807) is 0 Å². The number of carbonyl (C=O) groups is 1. The Hall–Kier alpha value is -1.35. The van der Waals surface area contributed by atoms with Crippen LogP contribution in [-0.2, 0) is 4.79 Å². The van der Waals surface area contributed by atoms with Crippen LogP contribution in [0.2, 0.25) is 0 Å². The van der Waals surface area contributed by atoms with E-state index in [9.17, 15) is 9.90 Å². The van der Waals surface area contributed by atoms with Gasteiger partial charge in [-0.15, -0.1) is 0 Å². The normalized spacial score (nSPS) is 17.6. The van der Waals surface area contributed by atoms with Crippen LogP contribution in [0.3, 0.4) is 0 Å². The third kappa shape index (κ3) is 3.57. The molecular formula is C16H23NO2. The number of benzene rings is 1. The van der Waals surface area contributed by atoms with E-state index >= 15 is 0 Å². The lowest BCUT2D eigenvalue weighted by molar-refractivity contribution is -0.139. The summed E-state index contributed by atoms with van der Waals surface area (Å²) in [6, 6.07) is 6.09. The number of aliphatic carboxylic acids is 1. The monoisotopic (exact) mass is 261 g/mol. The molecule has 1 aliphatic heterocycles. The third-order valence-electron chi connectivity index (χ3n) is 4.04. The molecule has 1 atom stereocenters. The van der Waals surface area contributed by atoms with Crippen molar-refractivity contribution >= 4 is 5.97 Å². The van der Waals surface area contributed by atoms with Gasteiger partial charge in [-0.25, -0.2) is 0 Å². The number of rotatable bonds is 5. The molecule has 0 saturated carbocycles. The number of carboxylic acids is 1. The number of carboxylic acid groups (broad SMARTS) is 1. The Morgan fingerprint density at radius 3 is 2.63 bits per heavy atom. The molecule has 0 bridgehead atoms. The maximum Gasteiger partial charge on any atom is 0.311 e. The molecule has 1 aromatic rings. The maximum atomic E-state index is 11.5. The fourth-order valence-corrected chi connectivity index (χ4v) is 2.87. The second-order valence-corrected chi connectivity index (χ2v) is 5.59. The Morgan fingerprint density at radius 2 is 2.00 bits per heavy atom. The molecule has 0 amide bonds. The highest BCUT2D eigenvalue weighted by atomic mass is 16.4. The highest BCUT2D eigenvalue weighted by molar-refractivity contribution is 5.76. The van der Waals surface area contributed by atoms with Crippen molar-refractivity contribution in [1.82, 2.24) is 4.90 Å². The fraction of sp³-hybridized carbons (Fsp3) is 0.562. The highest BCUT2D eigenvalue weighted by Gasteiger charge is 2.23. The van der Waals surface area contributed by atoms with Crippen molar-refractivity contribution in [3.63, 3.8) is 0 Å². The zero-order valence-electron chi connectivity index (χ0n) is 11.9. The van der Waals surface area contributed by atoms with Crippen LogP contribution in [0.25, 0.3) is 0 Å². The summed E-state index contributed by atoms with van der Waals surface area (Å²) in [6.07, 6.45) is 3.21. The quantitative estimate of drug-likeness (QED) is 0.886. The Bertz CT molecular complexity index is 450. The van der Waals surface area contributed by atoms with Crippen molar-refractivity contribution in [2.24, 2.45) is 0 Å². The minimum absolute atomic E-state index is 0.375. The molecule has 1 unspecified atom stereocenters. The van der Waals surface area contributed by atoms with Gasteiger partial charge in [-0.05, 0) is 63.9 Å². The van der Waals surface area contributed by atoms with E-state index in [1.165, 1.54) is 12.8 Å². The predicted octanol–water partition coefficient (Wildman–Crippen LogP) is 2.96. The van der Waals surface area contributed by atoms with Gasteiger partial charge < -0.3 is 10.0 Å². The van der Waals surface area contributed by atoms with E-state index in [-0.39, 0.29) is 5.92 Å². The van der Waals surface area contributed by atoms with Crippen LogP contribution >= 0.6 is 0 Å². The molecule has 0 aromatic heterocycles. The molecule has 0 aliphatic carbocycles. The summed E-state index contributed by atoms with van der Waals surface area (Å²) in [5, 5.41) is 9.50. The SMILES string of the molecule is Cc1ccc(C)c(C(CCN2CCCC2)C(=O)O)c1. The van der Waals surface area contributed by atoms with Crippen molar-refractivity contribution < 1.29 is 9.90 Å². The minimum atomic E-state index is -0.701. The Balaban J connectivity index is 2.10. The van der Waals surface area contributed by atoms with Gasteiger partial charge in [0.15, 0.2) is 0 Å². The number of likely N-dealkylation sites (tertiary alicyclic amines) is 1. The van der Waals surface area contributed by atoms with Crippen molar-refractivity contribution in [2.75, 3.05) is 19.6 Å². The van der Waals surface area contributed by atoms with Gasteiger partial charge >= 0.3 is 5.97 Å². The average molecular weight is 261 g/mol. The first kappa shape index (κ1) is 14.1. The second-order valence-electron chi connectivity index (χ2n) is 5.59. The van der Waals surface area contributed by atoms with Gasteiger partial charge in [0.25, 0.3) is 0 Å². The summed E-state index contributed by atoms with van der Waals surface area (Å²) in [5.74, 6) is -1.08. The Kier molecular flexibility index (Phi) is 4.59. The summed E-state index contributed by atoms with van der Waals surface area (Å²) in [4.78, 5) is 13.9. The van der Waals surface area contributed by atoms with Crippen LogP contribution in [0.4, 0.5) is 0 Å². The zero-order valence-corrected chi connectivity index (χ0v) is 11.9. The van der Waals surface area contributed by atoms with E-state index in [4.69, 9.17) is 0 Å². The average Bonchev–Trinajstić information content (AvgIpc) is 2.86. The minimum Gasteiger partial charge on any atom is -0.481 e.